The number of carbonyl (C=O) groups is 1. The molecule has 8 heteroatoms. The van der Waals surface area contributed by atoms with Gasteiger partial charge >= 0.3 is 0 Å². The molecule has 1 aliphatic rings. The van der Waals surface area contributed by atoms with Crippen LogP contribution in [0.1, 0.15) is 58.4 Å². The Bertz CT molecular complexity index is 1740. The van der Waals surface area contributed by atoms with Crippen LogP contribution in [0.5, 0.6) is 0 Å². The SMILES string of the molecule is C=CCC1(S(=O)(=O)n2cc(C)c3c(C(=O)CCc4c(C)cc(C)[nH]c4=O)cc(-c4cccnc4)cc32)CC1. The number of nitrogens with zero attached hydrogens (tertiary/aromatic N) is 2. The Morgan fingerprint density at radius 2 is 1.92 bits per heavy atom. The summed E-state index contributed by atoms with van der Waals surface area (Å²) in [4.78, 5) is 33.3. The zero-order valence-corrected chi connectivity index (χ0v) is 22.7. The van der Waals surface area contributed by atoms with Crippen LogP contribution in [0.3, 0.4) is 0 Å². The molecule has 1 fully saturated rings. The molecule has 0 saturated heterocycles. The number of benzene rings is 1. The molecule has 0 atom stereocenters. The van der Waals surface area contributed by atoms with Crippen LogP contribution in [0, 0.1) is 20.8 Å². The number of aromatic amines is 1. The number of rotatable bonds is 9. The van der Waals surface area contributed by atoms with Gasteiger partial charge < -0.3 is 4.98 Å². The minimum Gasteiger partial charge on any atom is -0.326 e. The lowest BCUT2D eigenvalue weighted by Gasteiger charge is -2.17. The second kappa shape index (κ2) is 9.51. The second-order valence-corrected chi connectivity index (χ2v) is 12.5. The molecule has 0 spiro atoms. The lowest BCUT2D eigenvalue weighted by molar-refractivity contribution is 0.0984. The van der Waals surface area contributed by atoms with Crippen molar-refractivity contribution in [1.29, 1.82) is 0 Å². The third-order valence-electron chi connectivity index (χ3n) is 7.58. The molecular formula is C30H31N3O4S. The van der Waals surface area contributed by atoms with Gasteiger partial charge in [0.15, 0.2) is 5.78 Å². The van der Waals surface area contributed by atoms with Crippen LogP contribution in [-0.4, -0.2) is 32.9 Å². The predicted octanol–water partition coefficient (Wildman–Crippen LogP) is 5.42. The number of ketones is 1. The summed E-state index contributed by atoms with van der Waals surface area (Å²) in [6, 6.07) is 9.22. The Kier molecular flexibility index (Phi) is 6.47. The normalized spacial score (nSPS) is 14.5. The molecule has 3 heterocycles. The standard InChI is InChI=1S/C30H31N3O4S/c1-5-10-30(11-12-30)38(36,37)33-18-20(3)28-25(15-23(16-26(28)33)22-7-6-13-31-17-22)27(34)9-8-24-19(2)14-21(4)32-29(24)35/h5-7,13-18H,1,8-12H2,2-4H3,(H,32,35). The van der Waals surface area contributed by atoms with Crippen molar-refractivity contribution in [1.82, 2.24) is 13.9 Å². The van der Waals surface area contributed by atoms with E-state index in [1.807, 2.05) is 45.0 Å². The molecule has 1 N–H and O–H groups in total. The number of allylic oxidation sites excluding steroid dienone is 1. The Balaban J connectivity index is 1.65. The van der Waals surface area contributed by atoms with E-state index in [2.05, 4.69) is 16.5 Å². The Hall–Kier alpha value is -3.78. The molecule has 7 nitrogen and oxygen atoms in total. The molecule has 0 amide bonds. The molecule has 196 valence electrons. The van der Waals surface area contributed by atoms with Gasteiger partial charge in [-0.15, -0.1) is 6.58 Å². The van der Waals surface area contributed by atoms with Crippen LogP contribution in [0.15, 0.2) is 66.4 Å². The van der Waals surface area contributed by atoms with E-state index < -0.39 is 14.8 Å². The highest BCUT2D eigenvalue weighted by molar-refractivity contribution is 7.91. The van der Waals surface area contributed by atoms with Crippen LogP contribution >= 0.6 is 0 Å². The van der Waals surface area contributed by atoms with Gasteiger partial charge in [-0.3, -0.25) is 14.6 Å². The number of fused-ring (bicyclic) bond motifs is 1. The topological polar surface area (TPSA) is 102 Å². The number of nitrogens with one attached hydrogen (secondary N) is 1. The van der Waals surface area contributed by atoms with E-state index in [-0.39, 0.29) is 17.8 Å². The first-order chi connectivity index (χ1) is 18.1. The molecule has 1 saturated carbocycles. The minimum absolute atomic E-state index is 0.121. The van der Waals surface area contributed by atoms with Gasteiger partial charge in [0.05, 0.1) is 10.3 Å². The van der Waals surface area contributed by atoms with Crippen molar-refractivity contribution in [2.45, 2.75) is 57.6 Å². The fourth-order valence-corrected chi connectivity index (χ4v) is 7.45. The lowest BCUT2D eigenvalue weighted by atomic mass is 9.94. The summed E-state index contributed by atoms with van der Waals surface area (Å²) in [5.41, 5.74) is 5.15. The summed E-state index contributed by atoms with van der Waals surface area (Å²) in [5, 5.41) is 0.621. The quantitative estimate of drug-likeness (QED) is 0.230. The number of H-pyrrole nitrogens is 1. The summed E-state index contributed by atoms with van der Waals surface area (Å²) in [6.45, 7) is 9.29. The highest BCUT2D eigenvalue weighted by Crippen LogP contribution is 2.49. The Morgan fingerprint density at radius 1 is 1.16 bits per heavy atom. The van der Waals surface area contributed by atoms with Crippen molar-refractivity contribution < 1.29 is 13.2 Å². The van der Waals surface area contributed by atoms with Crippen molar-refractivity contribution >= 4 is 26.7 Å². The maximum absolute atomic E-state index is 13.9. The number of aromatic nitrogens is 3. The van der Waals surface area contributed by atoms with Crippen molar-refractivity contribution in [3.05, 3.63) is 99.9 Å². The molecule has 3 aromatic heterocycles. The second-order valence-electron chi connectivity index (χ2n) is 10.3. The number of hydrogen-bond acceptors (Lipinski definition) is 5. The summed E-state index contributed by atoms with van der Waals surface area (Å²) in [5.74, 6) is -0.148. The van der Waals surface area contributed by atoms with Crippen molar-refractivity contribution in [2.24, 2.45) is 0 Å². The van der Waals surface area contributed by atoms with E-state index in [0.717, 1.165) is 16.8 Å². The van der Waals surface area contributed by atoms with E-state index >= 15 is 0 Å². The largest absolute Gasteiger partial charge is 0.326 e. The smallest absolute Gasteiger partial charge is 0.251 e. The van der Waals surface area contributed by atoms with Gasteiger partial charge in [0.2, 0.25) is 10.0 Å². The number of aryl methyl sites for hydroxylation is 3. The summed E-state index contributed by atoms with van der Waals surface area (Å²) >= 11 is 0. The molecule has 1 aliphatic carbocycles. The molecule has 0 unspecified atom stereocenters. The first-order valence-electron chi connectivity index (χ1n) is 12.7. The summed E-state index contributed by atoms with van der Waals surface area (Å²) in [7, 11) is -3.73. The summed E-state index contributed by atoms with van der Waals surface area (Å²) in [6.07, 6.45) is 8.60. The van der Waals surface area contributed by atoms with Crippen molar-refractivity contribution in [3.8, 4) is 11.1 Å². The van der Waals surface area contributed by atoms with Gasteiger partial charge in [0.25, 0.3) is 5.56 Å². The fourth-order valence-electron chi connectivity index (χ4n) is 5.39. The van der Waals surface area contributed by atoms with Crippen LogP contribution in [0.2, 0.25) is 0 Å². The maximum atomic E-state index is 13.9. The molecule has 5 rings (SSSR count). The average molecular weight is 530 g/mol. The zero-order valence-electron chi connectivity index (χ0n) is 21.9. The van der Waals surface area contributed by atoms with E-state index in [1.165, 1.54) is 3.97 Å². The molecule has 0 bridgehead atoms. The Labute approximate surface area is 222 Å². The average Bonchev–Trinajstić information content (AvgIpc) is 3.60. The van der Waals surface area contributed by atoms with Crippen LogP contribution in [-0.2, 0) is 16.4 Å². The number of Topliss-reactive ketones (excluding diaryl/α,β-unsaturated/α-hetero) is 1. The molecule has 4 aromatic rings. The van der Waals surface area contributed by atoms with Crippen LogP contribution in [0.25, 0.3) is 22.0 Å². The molecule has 0 radical (unpaired) electrons. The minimum atomic E-state index is -3.73. The van der Waals surface area contributed by atoms with Gasteiger partial charge in [-0.2, -0.15) is 0 Å². The fraction of sp³-hybridized carbons (Fsp3) is 0.300. The third-order valence-corrected chi connectivity index (χ3v) is 10.1. The zero-order chi connectivity index (χ0) is 27.2. The van der Waals surface area contributed by atoms with Crippen molar-refractivity contribution in [3.63, 3.8) is 0 Å². The van der Waals surface area contributed by atoms with E-state index in [0.29, 0.717) is 58.8 Å². The molecule has 38 heavy (non-hydrogen) atoms. The van der Waals surface area contributed by atoms with E-state index in [1.54, 1.807) is 30.7 Å². The van der Waals surface area contributed by atoms with Crippen LogP contribution in [0.4, 0.5) is 0 Å². The number of hydrogen-bond donors (Lipinski definition) is 1. The van der Waals surface area contributed by atoms with Gasteiger partial charge in [-0.25, -0.2) is 12.4 Å². The molecule has 0 aliphatic heterocycles. The highest BCUT2D eigenvalue weighted by Gasteiger charge is 2.54. The highest BCUT2D eigenvalue weighted by atomic mass is 32.2. The Morgan fingerprint density at radius 3 is 2.55 bits per heavy atom. The van der Waals surface area contributed by atoms with Gasteiger partial charge in [0, 0.05) is 52.8 Å². The summed E-state index contributed by atoms with van der Waals surface area (Å²) < 4.78 is 28.2. The number of carbonyl (C=O) groups excluding carboxylic acids is 1. The van der Waals surface area contributed by atoms with Crippen LogP contribution < -0.4 is 5.56 Å². The lowest BCUT2D eigenvalue weighted by Crippen LogP contribution is -2.28. The first kappa shape index (κ1) is 25.9. The maximum Gasteiger partial charge on any atom is 0.251 e. The molecular weight excluding hydrogens is 498 g/mol. The van der Waals surface area contributed by atoms with Crippen molar-refractivity contribution in [2.75, 3.05) is 0 Å². The predicted molar refractivity (Wildman–Crippen MR) is 150 cm³/mol. The van der Waals surface area contributed by atoms with E-state index in [9.17, 15) is 18.0 Å². The molecule has 1 aromatic carbocycles. The first-order valence-corrected chi connectivity index (χ1v) is 14.2. The monoisotopic (exact) mass is 529 g/mol. The third kappa shape index (κ3) is 4.32. The number of pyridine rings is 2. The van der Waals surface area contributed by atoms with Gasteiger partial charge in [0.1, 0.15) is 0 Å². The van der Waals surface area contributed by atoms with Gasteiger partial charge in [-0.05, 0) is 87.4 Å². The van der Waals surface area contributed by atoms with Gasteiger partial charge in [-0.1, -0.05) is 12.1 Å². The van der Waals surface area contributed by atoms with E-state index in [4.69, 9.17) is 0 Å².